The van der Waals surface area contributed by atoms with E-state index in [-0.39, 0.29) is 5.56 Å². The summed E-state index contributed by atoms with van der Waals surface area (Å²) in [6.07, 6.45) is 2.49. The summed E-state index contributed by atoms with van der Waals surface area (Å²) < 4.78 is 1.42. The van der Waals surface area contributed by atoms with Gasteiger partial charge in [-0.1, -0.05) is 0 Å². The second-order valence-corrected chi connectivity index (χ2v) is 1.24. The maximum atomic E-state index is 10.1. The highest BCUT2D eigenvalue weighted by atomic mass is 16.1. The van der Waals surface area contributed by atoms with Crippen molar-refractivity contribution >= 4 is 0 Å². The van der Waals surface area contributed by atoms with Gasteiger partial charge in [-0.25, -0.2) is 0 Å². The average molecular weight is 96.1 g/mol. The molecule has 3 heteroatoms. The molecule has 1 heterocycles. The lowest BCUT2D eigenvalue weighted by Crippen LogP contribution is -2.00. The number of hydrogen-bond acceptors (Lipinski definition) is 1. The Labute approximate surface area is 40.6 Å². The molecule has 0 aromatic carbocycles. The van der Waals surface area contributed by atoms with Gasteiger partial charge in [-0.05, 0) is 0 Å². The van der Waals surface area contributed by atoms with Crippen LogP contribution in [0.2, 0.25) is 0 Å². The van der Waals surface area contributed by atoms with Crippen molar-refractivity contribution in [2.45, 2.75) is 0 Å². The minimum atomic E-state index is -0.234. The van der Waals surface area contributed by atoms with E-state index in [0.717, 1.165) is 0 Å². The molecule has 36 valence electrons. The van der Waals surface area contributed by atoms with Crippen LogP contribution < -0.4 is 5.56 Å². The zero-order valence-corrected chi connectivity index (χ0v) is 3.86. The van der Waals surface area contributed by atoms with Gasteiger partial charge in [0.05, 0.1) is 12.3 Å². The molecule has 1 rings (SSSR count). The predicted octanol–water partition coefficient (Wildman–Crippen LogP) is -0.686. The first kappa shape index (κ1) is 4.18. The van der Waals surface area contributed by atoms with Crippen molar-refractivity contribution in [3.63, 3.8) is 0 Å². The van der Waals surface area contributed by atoms with E-state index >= 15 is 0 Å². The molecule has 0 aliphatic heterocycles. The van der Waals surface area contributed by atoms with Crippen LogP contribution >= 0.6 is 0 Å². The lowest BCUT2D eigenvalue weighted by atomic mass is 10.7. The third-order valence-corrected chi connectivity index (χ3v) is 0.606. The van der Waals surface area contributed by atoms with Gasteiger partial charge in [0.15, 0.2) is 0 Å². The van der Waals surface area contributed by atoms with Crippen molar-refractivity contribution in [1.29, 1.82) is 0 Å². The Morgan fingerprint density at radius 2 is 2.57 bits per heavy atom. The molecule has 2 radical (unpaired) electrons. The number of aromatic amines is 1. The Morgan fingerprint density at radius 3 is 2.71 bits per heavy atom. The third-order valence-electron chi connectivity index (χ3n) is 0.606. The van der Waals surface area contributed by atoms with Crippen LogP contribution in [0.15, 0.2) is 4.79 Å². The van der Waals surface area contributed by atoms with Gasteiger partial charge in [-0.2, -0.15) is 0 Å². The quantitative estimate of drug-likeness (QED) is 0.456. The fraction of sp³-hybridized carbons (Fsp3) is 0.250. The van der Waals surface area contributed by atoms with Crippen molar-refractivity contribution in [3.8, 4) is 0 Å². The SMILES string of the molecule is Cn1[c][c]c(=O)[nH]1. The maximum Gasteiger partial charge on any atom is 0.272 e. The van der Waals surface area contributed by atoms with Crippen molar-refractivity contribution in [1.82, 2.24) is 9.78 Å². The highest BCUT2D eigenvalue weighted by Gasteiger charge is 1.80. The minimum Gasteiger partial charge on any atom is -0.285 e. The van der Waals surface area contributed by atoms with Gasteiger partial charge >= 0.3 is 0 Å². The summed E-state index contributed by atoms with van der Waals surface area (Å²) in [6.45, 7) is 0. The molecular weight excluding hydrogens is 92.1 g/mol. The number of aromatic nitrogens is 2. The molecule has 0 aliphatic rings. The standard InChI is InChI=1S/C4H4N2O/c1-6-3-2-4(7)5-6/h1H3,(H,5,7). The second-order valence-electron chi connectivity index (χ2n) is 1.24. The number of H-pyrrole nitrogens is 1. The normalized spacial score (nSPS) is 9.29. The molecule has 0 fully saturated rings. The van der Waals surface area contributed by atoms with Crippen molar-refractivity contribution < 1.29 is 0 Å². The Kier molecular flexibility index (Phi) is 0.749. The van der Waals surface area contributed by atoms with Gasteiger partial charge in [0.1, 0.15) is 0 Å². The molecule has 0 unspecified atom stereocenters. The molecule has 0 saturated heterocycles. The third kappa shape index (κ3) is 0.707. The highest BCUT2D eigenvalue weighted by Crippen LogP contribution is 1.61. The molecule has 0 amide bonds. The summed E-state index contributed by atoms with van der Waals surface area (Å²) in [6, 6.07) is 2.30. The summed E-state index contributed by atoms with van der Waals surface area (Å²) in [5.74, 6) is 0. The predicted molar refractivity (Wildman–Crippen MR) is 23.7 cm³/mol. The van der Waals surface area contributed by atoms with E-state index in [1.165, 1.54) is 4.68 Å². The maximum absolute atomic E-state index is 10.1. The van der Waals surface area contributed by atoms with Gasteiger partial charge < -0.3 is 0 Å². The van der Waals surface area contributed by atoms with E-state index in [0.29, 0.717) is 0 Å². The van der Waals surface area contributed by atoms with Crippen molar-refractivity contribution in [2.24, 2.45) is 7.05 Å². The van der Waals surface area contributed by atoms with Crippen LogP contribution in [0.25, 0.3) is 0 Å². The first-order valence-corrected chi connectivity index (χ1v) is 1.85. The summed E-state index contributed by atoms with van der Waals surface area (Å²) in [5.41, 5.74) is -0.234. The molecule has 0 spiro atoms. The minimum absolute atomic E-state index is 0.234. The Bertz CT molecular complexity index is 197. The zero-order valence-electron chi connectivity index (χ0n) is 3.86. The van der Waals surface area contributed by atoms with Crippen LogP contribution in [0.1, 0.15) is 0 Å². The molecule has 1 N–H and O–H groups in total. The van der Waals surface area contributed by atoms with Gasteiger partial charge in [0, 0.05) is 7.05 Å². The van der Waals surface area contributed by atoms with Gasteiger partial charge in [0.2, 0.25) is 0 Å². The van der Waals surface area contributed by atoms with E-state index in [1.807, 2.05) is 0 Å². The summed E-state index contributed by atoms with van der Waals surface area (Å²) >= 11 is 0. The summed E-state index contributed by atoms with van der Waals surface area (Å²) in [5, 5.41) is 2.39. The van der Waals surface area contributed by atoms with Crippen LogP contribution in [0, 0.1) is 12.3 Å². The molecule has 1 aromatic heterocycles. The summed E-state index contributed by atoms with van der Waals surface area (Å²) in [4.78, 5) is 10.1. The zero-order chi connectivity index (χ0) is 5.28. The first-order valence-electron chi connectivity index (χ1n) is 1.85. The Balaban J connectivity index is 3.30. The van der Waals surface area contributed by atoms with Crippen LogP contribution in [-0.2, 0) is 7.05 Å². The Hall–Kier alpha value is -0.990. The molecule has 0 saturated carbocycles. The van der Waals surface area contributed by atoms with E-state index in [2.05, 4.69) is 17.4 Å². The van der Waals surface area contributed by atoms with Crippen LogP contribution in [0.4, 0.5) is 0 Å². The number of aryl methyl sites for hydroxylation is 1. The number of hydrogen-bond donors (Lipinski definition) is 1. The average Bonchev–Trinajstić information content (AvgIpc) is 1.87. The number of nitrogens with zero attached hydrogens (tertiary/aromatic N) is 1. The number of rotatable bonds is 0. The molecule has 0 bridgehead atoms. The van der Waals surface area contributed by atoms with Crippen molar-refractivity contribution in [2.75, 3.05) is 0 Å². The highest BCUT2D eigenvalue weighted by molar-refractivity contribution is 4.72. The van der Waals surface area contributed by atoms with E-state index in [1.54, 1.807) is 7.05 Å². The van der Waals surface area contributed by atoms with Gasteiger partial charge in [0.25, 0.3) is 5.56 Å². The topological polar surface area (TPSA) is 37.8 Å². The lowest BCUT2D eigenvalue weighted by molar-refractivity contribution is 0.751. The van der Waals surface area contributed by atoms with Gasteiger partial charge in [-0.15, -0.1) is 0 Å². The molecule has 1 aromatic rings. The first-order chi connectivity index (χ1) is 3.29. The van der Waals surface area contributed by atoms with Crippen LogP contribution in [0.3, 0.4) is 0 Å². The van der Waals surface area contributed by atoms with Gasteiger partial charge in [-0.3, -0.25) is 14.6 Å². The van der Waals surface area contributed by atoms with E-state index < -0.39 is 0 Å². The molecule has 7 heavy (non-hydrogen) atoms. The molecule has 0 atom stereocenters. The van der Waals surface area contributed by atoms with Crippen LogP contribution in [-0.4, -0.2) is 9.78 Å². The monoisotopic (exact) mass is 96.0 g/mol. The lowest BCUT2D eigenvalue weighted by Gasteiger charge is -1.78. The molecule has 3 nitrogen and oxygen atoms in total. The van der Waals surface area contributed by atoms with E-state index in [4.69, 9.17) is 0 Å². The molecular formula is C4H4N2O. The van der Waals surface area contributed by atoms with E-state index in [9.17, 15) is 4.79 Å². The van der Waals surface area contributed by atoms with Crippen molar-refractivity contribution in [3.05, 3.63) is 22.6 Å². The smallest absolute Gasteiger partial charge is 0.272 e. The van der Waals surface area contributed by atoms with Crippen LogP contribution in [0.5, 0.6) is 0 Å². The fourth-order valence-electron chi connectivity index (χ4n) is 0.343. The largest absolute Gasteiger partial charge is 0.285 e. The Morgan fingerprint density at radius 1 is 1.86 bits per heavy atom. The fourth-order valence-corrected chi connectivity index (χ4v) is 0.343. The second kappa shape index (κ2) is 1.26. The molecule has 0 aliphatic carbocycles. The number of nitrogens with one attached hydrogen (secondary N) is 1. The summed E-state index contributed by atoms with van der Waals surface area (Å²) in [7, 11) is 1.68.